The molecule has 1 N–H and O–H groups in total. The molecule has 1 aliphatic heterocycles. The fourth-order valence-electron chi connectivity index (χ4n) is 2.99. The van der Waals surface area contributed by atoms with Crippen LogP contribution in [0, 0.1) is 13.8 Å². The Labute approximate surface area is 144 Å². The zero-order valence-electron chi connectivity index (χ0n) is 13.9. The summed E-state index contributed by atoms with van der Waals surface area (Å²) in [5.74, 6) is 0.500. The number of hydrogen-bond donors (Lipinski definition) is 1. The predicted molar refractivity (Wildman–Crippen MR) is 94.7 cm³/mol. The van der Waals surface area contributed by atoms with Crippen molar-refractivity contribution >= 4 is 17.4 Å². The Bertz CT molecular complexity index is 994. The highest BCUT2D eigenvalue weighted by Gasteiger charge is 2.22. The summed E-state index contributed by atoms with van der Waals surface area (Å²) in [7, 11) is 0. The van der Waals surface area contributed by atoms with E-state index in [0.717, 1.165) is 39.5 Å². The van der Waals surface area contributed by atoms with Gasteiger partial charge in [-0.3, -0.25) is 4.99 Å². The summed E-state index contributed by atoms with van der Waals surface area (Å²) in [6.07, 6.45) is 0.522. The van der Waals surface area contributed by atoms with Gasteiger partial charge in [0.05, 0.1) is 22.7 Å². The number of carboxylic acids is 1. The summed E-state index contributed by atoms with van der Waals surface area (Å²) >= 11 is 0. The summed E-state index contributed by atoms with van der Waals surface area (Å²) in [5, 5.41) is 9.32. The van der Waals surface area contributed by atoms with Gasteiger partial charge in [0.25, 0.3) is 0 Å². The fraction of sp³-hybridized carbons (Fsp3) is 0.150. The lowest BCUT2D eigenvalue weighted by Crippen LogP contribution is -2.05. The zero-order valence-corrected chi connectivity index (χ0v) is 13.9. The van der Waals surface area contributed by atoms with Crippen LogP contribution in [0.15, 0.2) is 51.9 Å². The van der Waals surface area contributed by atoms with E-state index in [-0.39, 0.29) is 0 Å². The summed E-state index contributed by atoms with van der Waals surface area (Å²) in [4.78, 5) is 20.4. The van der Waals surface area contributed by atoms with Crippen molar-refractivity contribution in [3.8, 4) is 11.5 Å². The Morgan fingerprint density at radius 1 is 1.08 bits per heavy atom. The van der Waals surface area contributed by atoms with Crippen LogP contribution in [0.25, 0.3) is 11.5 Å². The molecule has 25 heavy (non-hydrogen) atoms. The molecule has 2 aromatic carbocycles. The van der Waals surface area contributed by atoms with E-state index in [1.165, 1.54) is 0 Å². The molecule has 0 fully saturated rings. The number of hydrogen-bond acceptors (Lipinski definition) is 4. The Hall–Kier alpha value is -3.21. The molecule has 124 valence electrons. The Morgan fingerprint density at radius 2 is 1.80 bits per heavy atom. The monoisotopic (exact) mass is 332 g/mol. The molecule has 0 spiro atoms. The topological polar surface area (TPSA) is 75.7 Å². The molecule has 0 atom stereocenters. The van der Waals surface area contributed by atoms with Crippen LogP contribution >= 0.6 is 0 Å². The third-order valence-electron chi connectivity index (χ3n) is 4.47. The van der Waals surface area contributed by atoms with Crippen molar-refractivity contribution in [1.29, 1.82) is 0 Å². The number of carboxylic acid groups (broad SMARTS) is 1. The molecule has 0 aliphatic carbocycles. The maximum absolute atomic E-state index is 11.4. The zero-order chi connectivity index (χ0) is 17.6. The number of aromatic nitrogens is 1. The first kappa shape index (κ1) is 15.3. The number of fused-ring (bicyclic) bond motifs is 1. The quantitative estimate of drug-likeness (QED) is 0.774. The van der Waals surface area contributed by atoms with Gasteiger partial charge in [0.1, 0.15) is 5.76 Å². The second kappa shape index (κ2) is 5.70. The van der Waals surface area contributed by atoms with E-state index in [2.05, 4.69) is 9.98 Å². The SMILES string of the molecule is Cc1nc(-c2ccc(C3=Nc4cccc(C(=O)O)c4C3)cc2)oc1C. The van der Waals surface area contributed by atoms with Gasteiger partial charge in [0, 0.05) is 12.0 Å². The molecule has 1 aliphatic rings. The van der Waals surface area contributed by atoms with Crippen molar-refractivity contribution in [3.63, 3.8) is 0 Å². The average molecular weight is 332 g/mol. The first-order chi connectivity index (χ1) is 12.0. The standard InChI is InChI=1S/C20H16N2O3/c1-11-12(2)25-19(21-11)14-8-6-13(7-9-14)18-10-16-15(20(23)24)4-3-5-17(16)22-18/h3-9H,10H2,1-2H3,(H,23,24). The van der Waals surface area contributed by atoms with Crippen molar-refractivity contribution in [1.82, 2.24) is 4.98 Å². The highest BCUT2D eigenvalue weighted by molar-refractivity contribution is 6.08. The van der Waals surface area contributed by atoms with E-state index in [1.54, 1.807) is 12.1 Å². The highest BCUT2D eigenvalue weighted by atomic mass is 16.4. The number of aliphatic imine (C=N–C) groups is 1. The number of nitrogens with zero attached hydrogens (tertiary/aromatic N) is 2. The van der Waals surface area contributed by atoms with Gasteiger partial charge in [-0.05, 0) is 49.2 Å². The molecule has 5 nitrogen and oxygen atoms in total. The smallest absolute Gasteiger partial charge is 0.336 e. The summed E-state index contributed by atoms with van der Waals surface area (Å²) < 4.78 is 5.65. The molecule has 0 bridgehead atoms. The minimum atomic E-state index is -0.918. The van der Waals surface area contributed by atoms with E-state index in [9.17, 15) is 9.90 Å². The third kappa shape index (κ3) is 2.63. The maximum Gasteiger partial charge on any atom is 0.336 e. The molecule has 3 aromatic rings. The number of aryl methyl sites for hydroxylation is 2. The third-order valence-corrected chi connectivity index (χ3v) is 4.47. The number of benzene rings is 2. The van der Waals surface area contributed by atoms with Crippen LogP contribution in [0.3, 0.4) is 0 Å². The lowest BCUT2D eigenvalue weighted by atomic mass is 9.99. The van der Waals surface area contributed by atoms with E-state index in [4.69, 9.17) is 4.42 Å². The first-order valence-electron chi connectivity index (χ1n) is 8.00. The minimum absolute atomic E-state index is 0.318. The molecule has 0 saturated carbocycles. The molecule has 4 rings (SSSR count). The molecule has 0 amide bonds. The minimum Gasteiger partial charge on any atom is -0.478 e. The molecule has 0 radical (unpaired) electrons. The van der Waals surface area contributed by atoms with Crippen LogP contribution in [0.1, 0.15) is 32.9 Å². The van der Waals surface area contributed by atoms with Crippen molar-refractivity contribution in [2.24, 2.45) is 4.99 Å². The Balaban J connectivity index is 1.64. The van der Waals surface area contributed by atoms with E-state index in [1.807, 2.05) is 44.2 Å². The van der Waals surface area contributed by atoms with Gasteiger partial charge >= 0.3 is 5.97 Å². The van der Waals surface area contributed by atoms with Crippen molar-refractivity contribution < 1.29 is 14.3 Å². The highest BCUT2D eigenvalue weighted by Crippen LogP contribution is 2.32. The van der Waals surface area contributed by atoms with Gasteiger partial charge in [-0.1, -0.05) is 18.2 Å². The van der Waals surface area contributed by atoms with Crippen LogP contribution < -0.4 is 0 Å². The number of rotatable bonds is 3. The summed E-state index contributed by atoms with van der Waals surface area (Å²) in [6, 6.07) is 13.0. The van der Waals surface area contributed by atoms with E-state index < -0.39 is 5.97 Å². The maximum atomic E-state index is 11.4. The van der Waals surface area contributed by atoms with Crippen molar-refractivity contribution in [3.05, 3.63) is 70.6 Å². The summed E-state index contributed by atoms with van der Waals surface area (Å²) in [5.41, 5.74) is 5.45. The number of aromatic carboxylic acids is 1. The van der Waals surface area contributed by atoms with Crippen LogP contribution in [-0.4, -0.2) is 21.8 Å². The van der Waals surface area contributed by atoms with Crippen LogP contribution in [0.5, 0.6) is 0 Å². The molecular weight excluding hydrogens is 316 g/mol. The molecule has 0 unspecified atom stereocenters. The largest absolute Gasteiger partial charge is 0.478 e. The molecule has 2 heterocycles. The van der Waals surface area contributed by atoms with Crippen LogP contribution in [0.2, 0.25) is 0 Å². The second-order valence-corrected chi connectivity index (χ2v) is 6.08. The summed E-state index contributed by atoms with van der Waals surface area (Å²) in [6.45, 7) is 3.81. The molecule has 0 saturated heterocycles. The van der Waals surface area contributed by atoms with E-state index >= 15 is 0 Å². The van der Waals surface area contributed by atoms with Crippen molar-refractivity contribution in [2.45, 2.75) is 20.3 Å². The lowest BCUT2D eigenvalue weighted by molar-refractivity contribution is 0.0696. The molecular formula is C20H16N2O3. The van der Waals surface area contributed by atoms with Gasteiger partial charge in [0.15, 0.2) is 0 Å². The number of carbonyl (C=O) groups is 1. The van der Waals surface area contributed by atoms with Gasteiger partial charge in [0.2, 0.25) is 5.89 Å². The lowest BCUT2D eigenvalue weighted by Gasteiger charge is -2.03. The van der Waals surface area contributed by atoms with Gasteiger partial charge in [-0.2, -0.15) is 0 Å². The van der Waals surface area contributed by atoms with Crippen LogP contribution in [0.4, 0.5) is 5.69 Å². The van der Waals surface area contributed by atoms with Gasteiger partial charge in [-0.25, -0.2) is 9.78 Å². The molecule has 5 heteroatoms. The first-order valence-corrected chi connectivity index (χ1v) is 8.00. The van der Waals surface area contributed by atoms with Gasteiger partial charge < -0.3 is 9.52 Å². The van der Waals surface area contributed by atoms with E-state index in [0.29, 0.717) is 17.9 Å². The fourth-order valence-corrected chi connectivity index (χ4v) is 2.99. The molecule has 1 aromatic heterocycles. The van der Waals surface area contributed by atoms with Gasteiger partial charge in [-0.15, -0.1) is 0 Å². The van der Waals surface area contributed by atoms with Crippen LogP contribution in [-0.2, 0) is 6.42 Å². The Morgan fingerprint density at radius 3 is 2.44 bits per heavy atom. The average Bonchev–Trinajstić information content (AvgIpc) is 3.18. The number of oxazole rings is 1. The predicted octanol–water partition coefficient (Wildman–Crippen LogP) is 4.33. The van der Waals surface area contributed by atoms with Crippen molar-refractivity contribution in [2.75, 3.05) is 0 Å². The second-order valence-electron chi connectivity index (χ2n) is 6.08. The normalized spacial score (nSPS) is 12.8. The Kier molecular flexibility index (Phi) is 3.50.